The number of aromatic nitrogens is 3. The number of alkyl halides is 4. The molecule has 7 rings (SSSR count). The Labute approximate surface area is 255 Å². The fraction of sp³-hybridized carbons (Fsp3) is 0.382. The van der Waals surface area contributed by atoms with Crippen molar-refractivity contribution in [2.24, 2.45) is 11.8 Å². The maximum Gasteiger partial charge on any atom is 0.293 e. The number of hydrogen-bond donors (Lipinski definition) is 0. The Morgan fingerprint density at radius 3 is 2.44 bits per heavy atom. The molecule has 2 heterocycles. The maximum absolute atomic E-state index is 15.1. The molecule has 234 valence electrons. The van der Waals surface area contributed by atoms with Gasteiger partial charge in [-0.3, -0.25) is 14.5 Å². The monoisotopic (exact) mass is 625 g/mol. The zero-order chi connectivity index (χ0) is 31.5. The third kappa shape index (κ3) is 5.84. The summed E-state index contributed by atoms with van der Waals surface area (Å²) in [5.74, 6) is -6.66. The fourth-order valence-electron chi connectivity index (χ4n) is 6.58. The van der Waals surface area contributed by atoms with Crippen LogP contribution in [0.5, 0.6) is 5.75 Å². The van der Waals surface area contributed by atoms with Crippen LogP contribution in [-0.2, 0) is 23.7 Å². The largest absolute Gasteiger partial charge is 0.493 e. The summed E-state index contributed by atoms with van der Waals surface area (Å²) in [7, 11) is 0. The number of fused-ring (bicyclic) bond motifs is 3. The Morgan fingerprint density at radius 2 is 1.76 bits per heavy atom. The van der Waals surface area contributed by atoms with Crippen LogP contribution in [0.2, 0.25) is 0 Å². The van der Waals surface area contributed by atoms with Gasteiger partial charge in [-0.25, -0.2) is 17.6 Å². The number of nitrogens with zero attached hydrogens (tertiary/aromatic N) is 3. The molecule has 0 N–H and O–H groups in total. The summed E-state index contributed by atoms with van der Waals surface area (Å²) < 4.78 is 92.7. The molecule has 45 heavy (non-hydrogen) atoms. The molecule has 11 heteroatoms. The molecule has 3 aliphatic carbocycles. The summed E-state index contributed by atoms with van der Waals surface area (Å²) in [6.07, 6.45) is 0.661. The number of ketones is 1. The van der Waals surface area contributed by atoms with Crippen molar-refractivity contribution in [2.75, 3.05) is 6.61 Å². The molecule has 5 nitrogen and oxygen atoms in total. The van der Waals surface area contributed by atoms with Gasteiger partial charge in [-0.1, -0.05) is 18.2 Å². The molecular formula is C34H29F6N3O2. The highest BCUT2D eigenvalue weighted by Gasteiger charge is 2.67. The first kappa shape index (κ1) is 29.6. The lowest BCUT2D eigenvalue weighted by atomic mass is 9.87. The number of carbonyl (C=O) groups is 1. The Balaban J connectivity index is 1.19. The average molecular weight is 626 g/mol. The molecule has 4 aromatic rings. The fourth-order valence-corrected chi connectivity index (χ4v) is 6.58. The average Bonchev–Trinajstić information content (AvgIpc) is 3.92. The van der Waals surface area contributed by atoms with Gasteiger partial charge in [0.1, 0.15) is 35.3 Å². The molecule has 0 radical (unpaired) electrons. The van der Waals surface area contributed by atoms with Crippen LogP contribution < -0.4 is 4.74 Å². The molecule has 2 unspecified atom stereocenters. The van der Waals surface area contributed by atoms with Crippen LogP contribution in [0.15, 0.2) is 60.8 Å². The van der Waals surface area contributed by atoms with E-state index in [-0.39, 0.29) is 30.4 Å². The van der Waals surface area contributed by atoms with Crippen molar-refractivity contribution >= 4 is 5.78 Å². The van der Waals surface area contributed by atoms with Crippen LogP contribution >= 0.6 is 0 Å². The van der Waals surface area contributed by atoms with Crippen molar-refractivity contribution < 1.29 is 35.9 Å². The van der Waals surface area contributed by atoms with Crippen LogP contribution in [0.3, 0.4) is 0 Å². The lowest BCUT2D eigenvalue weighted by Gasteiger charge is -2.21. The summed E-state index contributed by atoms with van der Waals surface area (Å²) in [5, 5.41) is 3.77. The van der Waals surface area contributed by atoms with E-state index in [1.807, 2.05) is 30.3 Å². The minimum absolute atomic E-state index is 0.00677. The van der Waals surface area contributed by atoms with E-state index in [0.717, 1.165) is 41.3 Å². The minimum Gasteiger partial charge on any atom is -0.493 e. The molecule has 3 aliphatic rings. The number of rotatable bonds is 12. The van der Waals surface area contributed by atoms with E-state index in [2.05, 4.69) is 10.1 Å². The van der Waals surface area contributed by atoms with Crippen LogP contribution in [0.4, 0.5) is 26.3 Å². The van der Waals surface area contributed by atoms with Crippen molar-refractivity contribution in [2.45, 2.75) is 62.8 Å². The normalized spacial score (nSPS) is 20.2. The van der Waals surface area contributed by atoms with Crippen LogP contribution in [0.25, 0.3) is 11.1 Å². The Hall–Kier alpha value is -4.15. The van der Waals surface area contributed by atoms with Gasteiger partial charge in [-0.2, -0.15) is 13.9 Å². The summed E-state index contributed by atoms with van der Waals surface area (Å²) in [4.78, 5) is 18.1. The molecule has 2 aromatic heterocycles. The second kappa shape index (κ2) is 11.3. The Morgan fingerprint density at radius 1 is 1.02 bits per heavy atom. The molecule has 2 saturated carbocycles. The third-order valence-electron chi connectivity index (χ3n) is 8.94. The second-order valence-electron chi connectivity index (χ2n) is 12.3. The highest BCUT2D eigenvalue weighted by molar-refractivity contribution is 5.80. The lowest BCUT2D eigenvalue weighted by Crippen LogP contribution is -2.24. The highest BCUT2D eigenvalue weighted by Crippen LogP contribution is 2.68. The van der Waals surface area contributed by atoms with Crippen molar-refractivity contribution in [3.8, 4) is 16.9 Å². The number of halogens is 6. The van der Waals surface area contributed by atoms with E-state index >= 15 is 8.78 Å². The quantitative estimate of drug-likeness (QED) is 0.149. The number of carbonyl (C=O) groups excluding carboxylic acids is 1. The number of ether oxygens (including phenoxy) is 1. The molecule has 0 spiro atoms. The number of pyridine rings is 1. The van der Waals surface area contributed by atoms with Crippen molar-refractivity contribution in [1.82, 2.24) is 14.8 Å². The van der Waals surface area contributed by atoms with Gasteiger partial charge >= 0.3 is 0 Å². The summed E-state index contributed by atoms with van der Waals surface area (Å²) in [6.45, 7) is 0.00464. The van der Waals surface area contributed by atoms with Crippen LogP contribution in [-0.4, -0.2) is 27.2 Å². The Kier molecular flexibility index (Phi) is 7.44. The van der Waals surface area contributed by atoms with Gasteiger partial charge < -0.3 is 4.74 Å². The summed E-state index contributed by atoms with van der Waals surface area (Å²) in [5.41, 5.74) is 0.725. The zero-order valence-electron chi connectivity index (χ0n) is 24.0. The summed E-state index contributed by atoms with van der Waals surface area (Å²) in [6, 6.07) is 14.0. The highest BCUT2D eigenvalue weighted by atomic mass is 19.3. The molecule has 0 saturated heterocycles. The van der Waals surface area contributed by atoms with Gasteiger partial charge in [-0.05, 0) is 79.0 Å². The lowest BCUT2D eigenvalue weighted by molar-refractivity contribution is -0.120. The maximum atomic E-state index is 15.1. The summed E-state index contributed by atoms with van der Waals surface area (Å²) >= 11 is 0. The molecule has 2 fully saturated rings. The predicted molar refractivity (Wildman–Crippen MR) is 152 cm³/mol. The van der Waals surface area contributed by atoms with Gasteiger partial charge in [0.2, 0.25) is 0 Å². The topological polar surface area (TPSA) is 57.0 Å². The smallest absolute Gasteiger partial charge is 0.293 e. The van der Waals surface area contributed by atoms with Gasteiger partial charge in [0.15, 0.2) is 5.78 Å². The first-order valence-electron chi connectivity index (χ1n) is 15.0. The van der Waals surface area contributed by atoms with E-state index in [1.165, 1.54) is 6.20 Å². The molecular weight excluding hydrogens is 596 g/mol. The molecule has 0 amide bonds. The standard InChI is InChI=1S/C34H29F6N3O2/c35-22-11-19(12-23(36)14-22)10-21(30-26(2-1-9-41-30)20-5-7-25(8-6-20)45-17-18-3-4-18)13-24(44)16-43-32-29(31(42-43)33(37)38)27-15-28(27)34(32,39)40/h1-2,5-9,11-12,14,18,21,27-28,33H,3-4,10,13,15-17H2/t21-,27?,28?/m1/s1. The Bertz CT molecular complexity index is 1730. The van der Waals surface area contributed by atoms with E-state index < -0.39 is 65.5 Å². The second-order valence-corrected chi connectivity index (χ2v) is 12.3. The number of benzene rings is 2. The first-order chi connectivity index (χ1) is 21.6. The predicted octanol–water partition coefficient (Wildman–Crippen LogP) is 8.14. The molecule has 0 aliphatic heterocycles. The number of Topliss-reactive ketones (excluding diaryl/α,β-unsaturated/α-hetero) is 1. The molecule has 0 bridgehead atoms. The van der Waals surface area contributed by atoms with Gasteiger partial charge in [0, 0.05) is 41.6 Å². The van der Waals surface area contributed by atoms with Gasteiger partial charge in [0.25, 0.3) is 12.3 Å². The van der Waals surface area contributed by atoms with Crippen molar-refractivity contribution in [3.63, 3.8) is 0 Å². The minimum atomic E-state index is -3.36. The molecule has 3 atom stereocenters. The zero-order valence-corrected chi connectivity index (χ0v) is 24.0. The SMILES string of the molecule is O=C(C[C@@H](Cc1cc(F)cc(F)c1)c1ncccc1-c1ccc(OCC2CC2)cc1)Cn1nc(C(F)F)c2c1C(F)(F)C1CC21. The van der Waals surface area contributed by atoms with E-state index in [9.17, 15) is 22.4 Å². The first-order valence-corrected chi connectivity index (χ1v) is 15.0. The van der Waals surface area contributed by atoms with E-state index in [1.54, 1.807) is 6.07 Å². The van der Waals surface area contributed by atoms with E-state index in [0.29, 0.717) is 29.5 Å². The van der Waals surface area contributed by atoms with Gasteiger partial charge in [-0.15, -0.1) is 0 Å². The van der Waals surface area contributed by atoms with Gasteiger partial charge in [0.05, 0.1) is 12.3 Å². The molecule has 2 aromatic carbocycles. The third-order valence-corrected chi connectivity index (χ3v) is 8.94. The van der Waals surface area contributed by atoms with Crippen LogP contribution in [0.1, 0.15) is 72.2 Å². The number of hydrogen-bond acceptors (Lipinski definition) is 4. The van der Waals surface area contributed by atoms with Crippen molar-refractivity contribution in [3.05, 3.63) is 101 Å². The van der Waals surface area contributed by atoms with Crippen molar-refractivity contribution in [1.29, 1.82) is 0 Å². The van der Waals surface area contributed by atoms with Crippen LogP contribution in [0, 0.1) is 23.5 Å². The van der Waals surface area contributed by atoms with E-state index in [4.69, 9.17) is 4.74 Å².